The van der Waals surface area contributed by atoms with Gasteiger partial charge < -0.3 is 4.74 Å². The first-order valence-corrected chi connectivity index (χ1v) is 5.75. The summed E-state index contributed by atoms with van der Waals surface area (Å²) < 4.78 is 5.21. The van der Waals surface area contributed by atoms with Gasteiger partial charge in [-0.05, 0) is 17.2 Å². The van der Waals surface area contributed by atoms with Gasteiger partial charge in [-0.15, -0.1) is 0 Å². The first-order valence-electron chi connectivity index (χ1n) is 5.75. The standard InChI is InChI=1S/C16H14O2/c1-2-16(17)18-15-11-7-6-10-14(15)12-13-8-4-3-5-9-13/h2-11H,1,12H2. The van der Waals surface area contributed by atoms with Crippen LogP contribution < -0.4 is 4.74 Å². The number of hydrogen-bond donors (Lipinski definition) is 0. The molecule has 2 aromatic carbocycles. The molecule has 0 aliphatic carbocycles. The van der Waals surface area contributed by atoms with Crippen LogP contribution in [0.1, 0.15) is 11.1 Å². The lowest BCUT2D eigenvalue weighted by atomic mass is 10.0. The zero-order valence-electron chi connectivity index (χ0n) is 10.0. The fourth-order valence-electron chi connectivity index (χ4n) is 1.72. The summed E-state index contributed by atoms with van der Waals surface area (Å²) >= 11 is 0. The van der Waals surface area contributed by atoms with Gasteiger partial charge in [0, 0.05) is 12.5 Å². The Morgan fingerprint density at radius 1 is 1.06 bits per heavy atom. The molecule has 0 fully saturated rings. The number of carbonyl (C=O) groups excluding carboxylic acids is 1. The summed E-state index contributed by atoms with van der Waals surface area (Å²) in [6.07, 6.45) is 1.90. The van der Waals surface area contributed by atoms with Crippen molar-refractivity contribution >= 4 is 5.97 Å². The van der Waals surface area contributed by atoms with Crippen molar-refractivity contribution < 1.29 is 9.53 Å². The molecule has 0 aliphatic rings. The number of carbonyl (C=O) groups is 1. The van der Waals surface area contributed by atoms with Crippen LogP contribution in [-0.2, 0) is 11.2 Å². The van der Waals surface area contributed by atoms with Crippen molar-refractivity contribution in [1.82, 2.24) is 0 Å². The first kappa shape index (κ1) is 12.1. The van der Waals surface area contributed by atoms with E-state index in [1.165, 1.54) is 11.6 Å². The van der Waals surface area contributed by atoms with Crippen LogP contribution in [0.15, 0.2) is 67.3 Å². The van der Waals surface area contributed by atoms with Gasteiger partial charge in [0.1, 0.15) is 5.75 Å². The highest BCUT2D eigenvalue weighted by atomic mass is 16.5. The summed E-state index contributed by atoms with van der Waals surface area (Å²) in [5.74, 6) is 0.154. The fraction of sp³-hybridized carbons (Fsp3) is 0.0625. The molecule has 2 rings (SSSR count). The Kier molecular flexibility index (Phi) is 3.92. The van der Waals surface area contributed by atoms with Crippen LogP contribution in [0.2, 0.25) is 0 Å². The van der Waals surface area contributed by atoms with E-state index in [1.807, 2.05) is 48.5 Å². The molecule has 0 spiro atoms. The summed E-state index contributed by atoms with van der Waals surface area (Å²) in [7, 11) is 0. The predicted octanol–water partition coefficient (Wildman–Crippen LogP) is 3.37. The fourth-order valence-corrected chi connectivity index (χ4v) is 1.72. The second kappa shape index (κ2) is 5.82. The lowest BCUT2D eigenvalue weighted by Gasteiger charge is -2.08. The zero-order valence-corrected chi connectivity index (χ0v) is 10.0. The number of esters is 1. The summed E-state index contributed by atoms with van der Waals surface area (Å²) in [6.45, 7) is 3.40. The topological polar surface area (TPSA) is 26.3 Å². The van der Waals surface area contributed by atoms with Crippen LogP contribution in [0.4, 0.5) is 0 Å². The average molecular weight is 238 g/mol. The molecule has 0 aromatic heterocycles. The van der Waals surface area contributed by atoms with Gasteiger partial charge in [0.05, 0.1) is 0 Å². The molecular formula is C16H14O2. The summed E-state index contributed by atoms with van der Waals surface area (Å²) in [6, 6.07) is 17.6. The third kappa shape index (κ3) is 3.08. The lowest BCUT2D eigenvalue weighted by molar-refractivity contribution is -0.129. The van der Waals surface area contributed by atoms with Crippen LogP contribution in [0, 0.1) is 0 Å². The minimum atomic E-state index is -0.435. The molecule has 0 unspecified atom stereocenters. The largest absolute Gasteiger partial charge is 0.423 e. The van der Waals surface area contributed by atoms with Gasteiger partial charge in [0.25, 0.3) is 0 Å². The maximum Gasteiger partial charge on any atom is 0.335 e. The van der Waals surface area contributed by atoms with E-state index >= 15 is 0 Å². The van der Waals surface area contributed by atoms with Crippen molar-refractivity contribution in [3.8, 4) is 5.75 Å². The maximum absolute atomic E-state index is 11.2. The zero-order chi connectivity index (χ0) is 12.8. The van der Waals surface area contributed by atoms with Crippen LogP contribution in [0.3, 0.4) is 0 Å². The highest BCUT2D eigenvalue weighted by Crippen LogP contribution is 2.21. The Labute approximate surface area is 107 Å². The summed E-state index contributed by atoms with van der Waals surface area (Å²) in [5.41, 5.74) is 2.17. The van der Waals surface area contributed by atoms with Gasteiger partial charge in [-0.2, -0.15) is 0 Å². The van der Waals surface area contributed by atoms with E-state index in [0.717, 1.165) is 12.0 Å². The smallest absolute Gasteiger partial charge is 0.335 e. The first-order chi connectivity index (χ1) is 8.79. The van der Waals surface area contributed by atoms with Crippen molar-refractivity contribution in [1.29, 1.82) is 0 Å². The Balaban J connectivity index is 2.22. The minimum absolute atomic E-state index is 0.435. The quantitative estimate of drug-likeness (QED) is 0.464. The third-order valence-corrected chi connectivity index (χ3v) is 2.59. The van der Waals surface area contributed by atoms with E-state index in [9.17, 15) is 4.79 Å². The Bertz CT molecular complexity index is 544. The minimum Gasteiger partial charge on any atom is -0.423 e. The molecule has 0 amide bonds. The Hall–Kier alpha value is -2.35. The molecule has 2 heteroatoms. The second-order valence-corrected chi connectivity index (χ2v) is 3.90. The van der Waals surface area contributed by atoms with Gasteiger partial charge in [-0.1, -0.05) is 55.1 Å². The molecule has 2 aromatic rings. The molecule has 90 valence electrons. The number of hydrogen-bond acceptors (Lipinski definition) is 2. The molecule has 0 radical (unpaired) electrons. The van der Waals surface area contributed by atoms with Crippen LogP contribution in [-0.4, -0.2) is 5.97 Å². The van der Waals surface area contributed by atoms with Crippen molar-refractivity contribution in [3.05, 3.63) is 78.4 Å². The van der Waals surface area contributed by atoms with E-state index in [4.69, 9.17) is 4.74 Å². The molecule has 0 N–H and O–H groups in total. The number of rotatable bonds is 4. The van der Waals surface area contributed by atoms with E-state index in [-0.39, 0.29) is 0 Å². The van der Waals surface area contributed by atoms with Gasteiger partial charge >= 0.3 is 5.97 Å². The van der Waals surface area contributed by atoms with Gasteiger partial charge in [-0.25, -0.2) is 4.79 Å². The summed E-state index contributed by atoms with van der Waals surface area (Å²) in [4.78, 5) is 11.2. The highest BCUT2D eigenvalue weighted by molar-refractivity contribution is 5.83. The third-order valence-electron chi connectivity index (χ3n) is 2.59. The number of para-hydroxylation sites is 1. The molecule has 0 saturated carbocycles. The van der Waals surface area contributed by atoms with Gasteiger partial charge in [0.15, 0.2) is 0 Å². The molecule has 18 heavy (non-hydrogen) atoms. The van der Waals surface area contributed by atoms with E-state index in [0.29, 0.717) is 5.75 Å². The van der Waals surface area contributed by atoms with Crippen LogP contribution >= 0.6 is 0 Å². The number of benzene rings is 2. The van der Waals surface area contributed by atoms with Crippen molar-refractivity contribution in [3.63, 3.8) is 0 Å². The normalized spacial score (nSPS) is 9.78. The maximum atomic E-state index is 11.2. The van der Waals surface area contributed by atoms with E-state index < -0.39 is 5.97 Å². The lowest BCUT2D eigenvalue weighted by Crippen LogP contribution is -2.05. The molecular weight excluding hydrogens is 224 g/mol. The molecule has 0 aliphatic heterocycles. The molecule has 0 bridgehead atoms. The average Bonchev–Trinajstić information content (AvgIpc) is 2.42. The second-order valence-electron chi connectivity index (χ2n) is 3.90. The van der Waals surface area contributed by atoms with E-state index in [1.54, 1.807) is 6.07 Å². The van der Waals surface area contributed by atoms with Crippen molar-refractivity contribution in [2.45, 2.75) is 6.42 Å². The molecule has 0 heterocycles. The van der Waals surface area contributed by atoms with Crippen LogP contribution in [0.5, 0.6) is 5.75 Å². The summed E-state index contributed by atoms with van der Waals surface area (Å²) in [5, 5.41) is 0. The molecule has 2 nitrogen and oxygen atoms in total. The Morgan fingerprint density at radius 2 is 1.72 bits per heavy atom. The molecule has 0 saturated heterocycles. The van der Waals surface area contributed by atoms with Crippen molar-refractivity contribution in [2.75, 3.05) is 0 Å². The van der Waals surface area contributed by atoms with E-state index in [2.05, 4.69) is 6.58 Å². The van der Waals surface area contributed by atoms with Crippen molar-refractivity contribution in [2.24, 2.45) is 0 Å². The van der Waals surface area contributed by atoms with Crippen LogP contribution in [0.25, 0.3) is 0 Å². The Morgan fingerprint density at radius 3 is 2.44 bits per heavy atom. The predicted molar refractivity (Wildman–Crippen MR) is 71.5 cm³/mol. The molecule has 0 atom stereocenters. The van der Waals surface area contributed by atoms with Gasteiger partial charge in [0.2, 0.25) is 0 Å². The number of ether oxygens (including phenoxy) is 1. The highest BCUT2D eigenvalue weighted by Gasteiger charge is 2.06. The monoisotopic (exact) mass is 238 g/mol. The SMILES string of the molecule is C=CC(=O)Oc1ccccc1Cc1ccccc1. The van der Waals surface area contributed by atoms with Gasteiger partial charge in [-0.3, -0.25) is 0 Å².